The van der Waals surface area contributed by atoms with Gasteiger partial charge >= 0.3 is 5.97 Å². The number of nitrogens with one attached hydrogen (secondary N) is 1. The summed E-state index contributed by atoms with van der Waals surface area (Å²) in [6.07, 6.45) is 0. The van der Waals surface area contributed by atoms with Crippen molar-refractivity contribution >= 4 is 61.0 Å². The fraction of sp³-hybridized carbons (Fsp3) is 0.185. The fourth-order valence-corrected chi connectivity index (χ4v) is 5.40. The van der Waals surface area contributed by atoms with Gasteiger partial charge in [-0.2, -0.15) is 0 Å². The Morgan fingerprint density at radius 2 is 1.83 bits per heavy atom. The lowest BCUT2D eigenvalue weighted by Crippen LogP contribution is -2.21. The number of aromatic nitrogens is 1. The minimum absolute atomic E-state index is 0.170. The minimum atomic E-state index is -0.589. The van der Waals surface area contributed by atoms with Gasteiger partial charge in [-0.3, -0.25) is 9.59 Å². The standard InChI is InChI=1S/C27H24BrN3O4S/c1-5-35-27(34)22-15(2)23(26(33)31(3)4)36-25(22)30-24(32)19-14-21(16-9-8-10-17(28)13-16)29-20-12-7-6-11-18(19)20/h6-14H,5H2,1-4H3,(H,30,32). The average molecular weight is 566 g/mol. The highest BCUT2D eigenvalue weighted by molar-refractivity contribution is 9.10. The number of hydrogen-bond donors (Lipinski definition) is 1. The Morgan fingerprint density at radius 3 is 2.53 bits per heavy atom. The third kappa shape index (κ3) is 5.03. The van der Waals surface area contributed by atoms with E-state index >= 15 is 0 Å². The van der Waals surface area contributed by atoms with Crippen molar-refractivity contribution in [2.75, 3.05) is 26.0 Å². The van der Waals surface area contributed by atoms with Crippen molar-refractivity contribution in [1.29, 1.82) is 0 Å². The molecule has 0 fully saturated rings. The number of ether oxygens (including phenoxy) is 1. The summed E-state index contributed by atoms with van der Waals surface area (Å²) in [6.45, 7) is 3.56. The van der Waals surface area contributed by atoms with E-state index in [2.05, 4.69) is 21.2 Å². The molecule has 4 aromatic rings. The molecule has 36 heavy (non-hydrogen) atoms. The Hall–Kier alpha value is -3.56. The van der Waals surface area contributed by atoms with Gasteiger partial charge in [0.05, 0.1) is 33.8 Å². The first-order valence-electron chi connectivity index (χ1n) is 11.2. The van der Waals surface area contributed by atoms with E-state index < -0.39 is 11.9 Å². The van der Waals surface area contributed by atoms with Gasteiger partial charge in [-0.1, -0.05) is 46.3 Å². The van der Waals surface area contributed by atoms with Gasteiger partial charge in [0.1, 0.15) is 5.00 Å². The zero-order valence-corrected chi connectivity index (χ0v) is 22.6. The third-order valence-corrected chi connectivity index (χ3v) is 7.22. The minimum Gasteiger partial charge on any atom is -0.462 e. The molecule has 0 bridgehead atoms. The number of carbonyl (C=O) groups excluding carboxylic acids is 3. The van der Waals surface area contributed by atoms with E-state index in [4.69, 9.17) is 9.72 Å². The molecule has 1 N–H and O–H groups in total. The molecule has 7 nitrogen and oxygen atoms in total. The number of fused-ring (bicyclic) bond motifs is 1. The molecule has 0 saturated heterocycles. The van der Waals surface area contributed by atoms with Gasteiger partial charge in [-0.25, -0.2) is 9.78 Å². The first-order chi connectivity index (χ1) is 17.2. The lowest BCUT2D eigenvalue weighted by atomic mass is 10.0. The SMILES string of the molecule is CCOC(=O)c1c(NC(=O)c2cc(-c3cccc(Br)c3)nc3ccccc23)sc(C(=O)N(C)C)c1C. The Labute approximate surface area is 221 Å². The molecular formula is C27H24BrN3O4S. The Bertz CT molecular complexity index is 1500. The molecule has 2 amide bonds. The summed E-state index contributed by atoms with van der Waals surface area (Å²) in [5.74, 6) is -1.26. The third-order valence-electron chi connectivity index (χ3n) is 5.54. The topological polar surface area (TPSA) is 88.6 Å². The van der Waals surface area contributed by atoms with Crippen LogP contribution >= 0.6 is 27.3 Å². The van der Waals surface area contributed by atoms with E-state index in [1.807, 2.05) is 48.5 Å². The van der Waals surface area contributed by atoms with Gasteiger partial charge in [-0.15, -0.1) is 11.3 Å². The molecule has 0 aliphatic rings. The van der Waals surface area contributed by atoms with E-state index in [1.54, 1.807) is 34.0 Å². The number of halogens is 1. The summed E-state index contributed by atoms with van der Waals surface area (Å²) in [4.78, 5) is 45.7. The van der Waals surface area contributed by atoms with Crippen molar-refractivity contribution in [1.82, 2.24) is 9.88 Å². The summed E-state index contributed by atoms with van der Waals surface area (Å²) >= 11 is 4.55. The number of nitrogens with zero attached hydrogens (tertiary/aromatic N) is 2. The Kier molecular flexibility index (Phi) is 7.51. The van der Waals surface area contributed by atoms with Crippen molar-refractivity contribution in [3.63, 3.8) is 0 Å². The van der Waals surface area contributed by atoms with Crippen LogP contribution in [0.15, 0.2) is 59.1 Å². The molecule has 0 atom stereocenters. The number of pyridine rings is 1. The first-order valence-corrected chi connectivity index (χ1v) is 12.8. The van der Waals surface area contributed by atoms with Crippen LogP contribution in [-0.2, 0) is 4.74 Å². The maximum absolute atomic E-state index is 13.6. The molecule has 0 radical (unpaired) electrons. The summed E-state index contributed by atoms with van der Waals surface area (Å²) < 4.78 is 6.12. The molecule has 2 aromatic heterocycles. The van der Waals surface area contributed by atoms with Crippen LogP contribution in [0.2, 0.25) is 0 Å². The summed E-state index contributed by atoms with van der Waals surface area (Å²) in [5, 5.41) is 3.81. The zero-order chi connectivity index (χ0) is 26.0. The number of para-hydroxylation sites is 1. The van der Waals surface area contributed by atoms with Gasteiger partial charge in [-0.05, 0) is 43.7 Å². The van der Waals surface area contributed by atoms with Gasteiger partial charge in [0.15, 0.2) is 0 Å². The van der Waals surface area contributed by atoms with Crippen LogP contribution in [0.4, 0.5) is 5.00 Å². The first kappa shape index (κ1) is 25.5. The monoisotopic (exact) mass is 565 g/mol. The Morgan fingerprint density at radius 1 is 1.08 bits per heavy atom. The van der Waals surface area contributed by atoms with Crippen LogP contribution in [0.3, 0.4) is 0 Å². The molecule has 184 valence electrons. The van der Waals surface area contributed by atoms with E-state index in [1.165, 1.54) is 4.90 Å². The number of thiophene rings is 1. The molecule has 0 unspecified atom stereocenters. The van der Waals surface area contributed by atoms with Crippen molar-refractivity contribution in [2.24, 2.45) is 0 Å². The summed E-state index contributed by atoms with van der Waals surface area (Å²) in [5.41, 5.74) is 3.21. The predicted octanol–water partition coefficient (Wildman–Crippen LogP) is 6.17. The molecule has 0 saturated carbocycles. The van der Waals surface area contributed by atoms with Crippen LogP contribution in [-0.4, -0.2) is 48.4 Å². The van der Waals surface area contributed by atoms with Crippen molar-refractivity contribution in [3.8, 4) is 11.3 Å². The second kappa shape index (κ2) is 10.6. The number of hydrogen-bond acceptors (Lipinski definition) is 6. The van der Waals surface area contributed by atoms with E-state index in [0.29, 0.717) is 32.6 Å². The number of carbonyl (C=O) groups is 3. The van der Waals surface area contributed by atoms with Crippen LogP contribution < -0.4 is 5.32 Å². The van der Waals surface area contributed by atoms with Gasteiger partial charge in [0.2, 0.25) is 0 Å². The lowest BCUT2D eigenvalue weighted by molar-refractivity contribution is 0.0527. The van der Waals surface area contributed by atoms with Crippen molar-refractivity contribution < 1.29 is 19.1 Å². The molecular weight excluding hydrogens is 542 g/mol. The maximum atomic E-state index is 13.6. The van der Waals surface area contributed by atoms with Crippen LogP contribution in [0.5, 0.6) is 0 Å². The number of esters is 1. The lowest BCUT2D eigenvalue weighted by Gasteiger charge is -2.11. The van der Waals surface area contributed by atoms with Crippen molar-refractivity contribution in [2.45, 2.75) is 13.8 Å². The second-order valence-corrected chi connectivity index (χ2v) is 10.2. The number of anilines is 1. The fourth-order valence-electron chi connectivity index (χ4n) is 3.79. The highest BCUT2D eigenvalue weighted by Crippen LogP contribution is 2.35. The summed E-state index contributed by atoms with van der Waals surface area (Å²) in [7, 11) is 3.27. The van der Waals surface area contributed by atoms with Gasteiger partial charge in [0.25, 0.3) is 11.8 Å². The smallest absolute Gasteiger partial charge is 0.341 e. The Balaban J connectivity index is 1.82. The normalized spacial score (nSPS) is 10.8. The molecule has 2 heterocycles. The number of rotatable bonds is 6. The zero-order valence-electron chi connectivity index (χ0n) is 20.2. The number of amides is 2. The highest BCUT2D eigenvalue weighted by Gasteiger charge is 2.28. The molecule has 9 heteroatoms. The molecule has 0 aliphatic carbocycles. The van der Waals surface area contributed by atoms with E-state index in [-0.39, 0.29) is 23.1 Å². The highest BCUT2D eigenvalue weighted by atomic mass is 79.9. The number of benzene rings is 2. The van der Waals surface area contributed by atoms with Gasteiger partial charge < -0.3 is 15.0 Å². The summed E-state index contributed by atoms with van der Waals surface area (Å²) in [6, 6.07) is 16.8. The van der Waals surface area contributed by atoms with Gasteiger partial charge in [0, 0.05) is 29.5 Å². The van der Waals surface area contributed by atoms with E-state index in [9.17, 15) is 14.4 Å². The largest absolute Gasteiger partial charge is 0.462 e. The second-order valence-electron chi connectivity index (χ2n) is 8.22. The van der Waals surface area contributed by atoms with E-state index in [0.717, 1.165) is 21.4 Å². The van der Waals surface area contributed by atoms with Crippen molar-refractivity contribution in [3.05, 3.63) is 80.6 Å². The van der Waals surface area contributed by atoms with Crippen LogP contribution in [0.25, 0.3) is 22.2 Å². The van der Waals surface area contributed by atoms with Crippen LogP contribution in [0, 0.1) is 6.92 Å². The molecule has 4 rings (SSSR count). The maximum Gasteiger partial charge on any atom is 0.341 e. The quantitative estimate of drug-likeness (QED) is 0.282. The molecule has 0 aliphatic heterocycles. The average Bonchev–Trinajstić information content (AvgIpc) is 3.18. The van der Waals surface area contributed by atoms with Crippen LogP contribution in [0.1, 0.15) is 42.9 Å². The molecule has 0 spiro atoms. The molecule has 2 aromatic carbocycles. The predicted molar refractivity (Wildman–Crippen MR) is 146 cm³/mol.